The van der Waals surface area contributed by atoms with E-state index in [4.69, 9.17) is 20.9 Å². The maximum atomic E-state index is 16.8. The highest BCUT2D eigenvalue weighted by Gasteiger charge is 2.50. The fourth-order valence-corrected chi connectivity index (χ4v) is 6.71. The zero-order valence-electron chi connectivity index (χ0n) is 20.9. The lowest BCUT2D eigenvalue weighted by molar-refractivity contribution is -0.0682. The predicted molar refractivity (Wildman–Crippen MR) is 142 cm³/mol. The van der Waals surface area contributed by atoms with Gasteiger partial charge in [-0.2, -0.15) is 0 Å². The quantitative estimate of drug-likeness (QED) is 0.382. The molecule has 4 aliphatic rings. The van der Waals surface area contributed by atoms with Crippen molar-refractivity contribution in [3.05, 3.63) is 53.4 Å². The molecule has 2 aromatic carbocycles. The number of aromatic hydroxyl groups is 1. The Balaban J connectivity index is 1.41. The summed E-state index contributed by atoms with van der Waals surface area (Å²) >= 11 is 0. The van der Waals surface area contributed by atoms with Crippen LogP contribution in [-0.2, 0) is 10.2 Å². The van der Waals surface area contributed by atoms with E-state index in [1.54, 1.807) is 6.20 Å². The molecule has 4 aromatic rings. The third-order valence-electron chi connectivity index (χ3n) is 8.64. The van der Waals surface area contributed by atoms with Crippen molar-refractivity contribution in [2.45, 2.75) is 30.3 Å². The lowest BCUT2D eigenvalue weighted by Crippen LogP contribution is -2.52. The van der Waals surface area contributed by atoms with Gasteiger partial charge < -0.3 is 24.8 Å². The number of nitrogens with one attached hydrogen (secondary N) is 1. The molecule has 8 rings (SSSR count). The summed E-state index contributed by atoms with van der Waals surface area (Å²) in [5.74, 6) is 2.14. The van der Waals surface area contributed by atoms with Crippen molar-refractivity contribution in [1.82, 2.24) is 15.3 Å². The molecule has 2 aromatic heterocycles. The van der Waals surface area contributed by atoms with Crippen molar-refractivity contribution in [2.24, 2.45) is 0 Å². The summed E-state index contributed by atoms with van der Waals surface area (Å²) in [6, 6.07) is 6.32. The van der Waals surface area contributed by atoms with Gasteiger partial charge in [0, 0.05) is 47.7 Å². The normalized spacial score (nSPS) is 22.6. The molecular weight excluding hydrogens is 502 g/mol. The lowest BCUT2D eigenvalue weighted by Gasteiger charge is -2.37. The van der Waals surface area contributed by atoms with E-state index in [0.29, 0.717) is 65.3 Å². The van der Waals surface area contributed by atoms with Crippen molar-refractivity contribution < 1.29 is 23.4 Å². The predicted octanol–water partition coefficient (Wildman–Crippen LogP) is 4.02. The third kappa shape index (κ3) is 3.16. The van der Waals surface area contributed by atoms with Gasteiger partial charge >= 0.3 is 0 Å². The zero-order chi connectivity index (χ0) is 26.5. The maximum Gasteiger partial charge on any atom is 0.161 e. The highest BCUT2D eigenvalue weighted by atomic mass is 19.1. The van der Waals surface area contributed by atoms with Crippen LogP contribution < -0.4 is 15.0 Å². The number of pyridine rings is 2. The number of phenols is 1. The Morgan fingerprint density at radius 2 is 1.90 bits per heavy atom. The molecule has 39 heavy (non-hydrogen) atoms. The Morgan fingerprint density at radius 3 is 2.62 bits per heavy atom. The molecule has 6 heterocycles. The molecule has 0 radical (unpaired) electrons. The topological polar surface area (TPSA) is 79.7 Å². The van der Waals surface area contributed by atoms with Gasteiger partial charge in [-0.05, 0) is 36.4 Å². The molecule has 2 atom stereocenters. The average Bonchev–Trinajstić information content (AvgIpc) is 3.47. The van der Waals surface area contributed by atoms with Crippen LogP contribution in [0.15, 0.2) is 30.5 Å². The fraction of sp³-hybridized carbons (Fsp3) is 0.333. The van der Waals surface area contributed by atoms with E-state index in [9.17, 15) is 9.50 Å². The fourth-order valence-electron chi connectivity index (χ4n) is 6.71. The third-order valence-corrected chi connectivity index (χ3v) is 8.64. The van der Waals surface area contributed by atoms with Gasteiger partial charge in [-0.3, -0.25) is 4.98 Å². The summed E-state index contributed by atoms with van der Waals surface area (Å²) in [6.45, 7) is 2.83. The molecule has 2 N–H and O–H groups in total. The van der Waals surface area contributed by atoms with E-state index in [1.165, 1.54) is 24.3 Å². The van der Waals surface area contributed by atoms with Crippen LogP contribution in [0.2, 0.25) is 0 Å². The van der Waals surface area contributed by atoms with Crippen LogP contribution in [0, 0.1) is 24.0 Å². The highest BCUT2D eigenvalue weighted by molar-refractivity contribution is 6.05. The standard InChI is InChI=1S/C30H24F2N4O3/c1-2-19-22(31)6-3-15-7-18(37)8-20(23(15)19)26-25(32)24-21(9-33-26)29(36-10-16-4-5-17(11-36)34-16)35-28-27(24)39-14-30(28)12-38-13-30/h1,3,6-9,16-17,34,37H,4-5,10-14H2. The summed E-state index contributed by atoms with van der Waals surface area (Å²) < 4.78 is 43.2. The number of hydrogen-bond donors (Lipinski definition) is 2. The number of anilines is 1. The molecule has 3 saturated heterocycles. The molecule has 0 amide bonds. The summed E-state index contributed by atoms with van der Waals surface area (Å²) in [5.41, 5.74) is 0.457. The number of aromatic nitrogens is 2. The number of piperazine rings is 1. The summed E-state index contributed by atoms with van der Waals surface area (Å²) in [5, 5.41) is 15.8. The van der Waals surface area contributed by atoms with E-state index >= 15 is 4.39 Å². The summed E-state index contributed by atoms with van der Waals surface area (Å²) in [4.78, 5) is 11.9. The Hall–Kier alpha value is -4.00. The monoisotopic (exact) mass is 526 g/mol. The van der Waals surface area contributed by atoms with Crippen LogP contribution in [0.4, 0.5) is 14.6 Å². The smallest absolute Gasteiger partial charge is 0.161 e. The van der Waals surface area contributed by atoms with Gasteiger partial charge in [0.15, 0.2) is 11.6 Å². The Morgan fingerprint density at radius 1 is 1.10 bits per heavy atom. The second-order valence-electron chi connectivity index (χ2n) is 11.1. The van der Waals surface area contributed by atoms with E-state index in [0.717, 1.165) is 25.9 Å². The minimum Gasteiger partial charge on any atom is -0.508 e. The molecule has 0 aliphatic carbocycles. The van der Waals surface area contributed by atoms with Gasteiger partial charge in [0.1, 0.15) is 29.7 Å². The number of hydrogen-bond acceptors (Lipinski definition) is 7. The number of ether oxygens (including phenoxy) is 2. The average molecular weight is 527 g/mol. The van der Waals surface area contributed by atoms with Crippen molar-refractivity contribution in [3.8, 4) is 35.1 Å². The van der Waals surface area contributed by atoms with Crippen LogP contribution >= 0.6 is 0 Å². The first-order valence-corrected chi connectivity index (χ1v) is 13.1. The number of rotatable bonds is 2. The van der Waals surface area contributed by atoms with Crippen LogP contribution in [0.3, 0.4) is 0 Å². The number of halogens is 2. The minimum absolute atomic E-state index is 0.0115. The first-order chi connectivity index (χ1) is 19.0. The van der Waals surface area contributed by atoms with Crippen molar-refractivity contribution in [1.29, 1.82) is 0 Å². The van der Waals surface area contributed by atoms with E-state index < -0.39 is 17.0 Å². The molecule has 3 fully saturated rings. The highest BCUT2D eigenvalue weighted by Crippen LogP contribution is 2.50. The van der Waals surface area contributed by atoms with Crippen LogP contribution in [0.1, 0.15) is 24.1 Å². The van der Waals surface area contributed by atoms with E-state index in [-0.39, 0.29) is 28.0 Å². The number of terminal acetylenes is 1. The molecule has 0 saturated carbocycles. The van der Waals surface area contributed by atoms with Gasteiger partial charge in [-0.15, -0.1) is 6.42 Å². The summed E-state index contributed by atoms with van der Waals surface area (Å²) in [6.07, 6.45) is 9.47. The van der Waals surface area contributed by atoms with Gasteiger partial charge in [0.05, 0.1) is 35.3 Å². The first kappa shape index (κ1) is 22.9. The Kier molecular flexibility index (Phi) is 4.71. The second-order valence-corrected chi connectivity index (χ2v) is 11.1. The molecule has 2 unspecified atom stereocenters. The zero-order valence-corrected chi connectivity index (χ0v) is 20.9. The minimum atomic E-state index is -0.623. The lowest BCUT2D eigenvalue weighted by atomic mass is 9.83. The molecule has 2 bridgehead atoms. The van der Waals surface area contributed by atoms with E-state index in [1.807, 2.05) is 0 Å². The van der Waals surface area contributed by atoms with Crippen molar-refractivity contribution in [3.63, 3.8) is 0 Å². The van der Waals surface area contributed by atoms with E-state index in [2.05, 4.69) is 21.1 Å². The van der Waals surface area contributed by atoms with Gasteiger partial charge in [-0.25, -0.2) is 13.8 Å². The van der Waals surface area contributed by atoms with Gasteiger partial charge in [-0.1, -0.05) is 12.0 Å². The van der Waals surface area contributed by atoms with Crippen LogP contribution in [-0.4, -0.2) is 60.1 Å². The van der Waals surface area contributed by atoms with Crippen LogP contribution in [0.5, 0.6) is 11.5 Å². The van der Waals surface area contributed by atoms with Crippen molar-refractivity contribution in [2.75, 3.05) is 37.8 Å². The van der Waals surface area contributed by atoms with Gasteiger partial charge in [0.2, 0.25) is 0 Å². The number of fused-ring (bicyclic) bond motifs is 7. The largest absolute Gasteiger partial charge is 0.508 e. The first-order valence-electron chi connectivity index (χ1n) is 13.1. The Bertz CT molecular complexity index is 1750. The van der Waals surface area contributed by atoms with Crippen LogP contribution in [0.25, 0.3) is 32.8 Å². The SMILES string of the molecule is C#Cc1c(F)ccc2cc(O)cc(-c3ncc4c(N5CC6CCC(C5)N6)nc5c(c4c3F)OCC53COC3)c12. The number of phenolic OH excluding ortho intramolecular Hbond substituents is 1. The molecule has 1 spiro atoms. The molecule has 4 aliphatic heterocycles. The molecule has 7 nitrogen and oxygen atoms in total. The molecular formula is C30H24F2N4O3. The molecule has 9 heteroatoms. The molecule has 196 valence electrons. The van der Waals surface area contributed by atoms with Crippen molar-refractivity contribution >= 4 is 27.4 Å². The number of nitrogens with zero attached hydrogens (tertiary/aromatic N) is 3. The van der Waals surface area contributed by atoms with Gasteiger partial charge in [0.25, 0.3) is 0 Å². The maximum absolute atomic E-state index is 16.8. The Labute approximate surface area is 222 Å². The number of benzene rings is 2. The second kappa shape index (κ2) is 8.01. The summed E-state index contributed by atoms with van der Waals surface area (Å²) in [7, 11) is 0.